The van der Waals surface area contributed by atoms with Gasteiger partial charge in [-0.1, -0.05) is 37.6 Å². The van der Waals surface area contributed by atoms with Crippen molar-refractivity contribution in [1.82, 2.24) is 0 Å². The minimum Gasteiger partial charge on any atom is -0.297 e. The third-order valence-electron chi connectivity index (χ3n) is 0.800. The van der Waals surface area contributed by atoms with Crippen LogP contribution in [0.3, 0.4) is 0 Å². The number of aliphatic imine (C=N–C) groups is 1. The SMILES string of the molecule is C=NCC=CC=C(C)C.CC. The van der Waals surface area contributed by atoms with Gasteiger partial charge >= 0.3 is 0 Å². The number of hydrogen-bond donors (Lipinski definition) is 0. The van der Waals surface area contributed by atoms with Crippen LogP contribution in [-0.4, -0.2) is 13.3 Å². The minimum absolute atomic E-state index is 0.712. The van der Waals surface area contributed by atoms with Crippen molar-refractivity contribution < 1.29 is 0 Å². The third-order valence-corrected chi connectivity index (χ3v) is 0.800. The van der Waals surface area contributed by atoms with E-state index in [9.17, 15) is 0 Å². The molecule has 0 aliphatic carbocycles. The predicted octanol–water partition coefficient (Wildman–Crippen LogP) is 3.24. The molecule has 0 aliphatic heterocycles. The highest BCUT2D eigenvalue weighted by molar-refractivity contribution is 5.24. The lowest BCUT2D eigenvalue weighted by Gasteiger charge is -1.81. The number of hydrogen-bond acceptors (Lipinski definition) is 1. The fourth-order valence-electron chi connectivity index (χ4n) is 0.396. The molecule has 11 heavy (non-hydrogen) atoms. The van der Waals surface area contributed by atoms with Crippen molar-refractivity contribution in [3.63, 3.8) is 0 Å². The molecule has 0 saturated carbocycles. The van der Waals surface area contributed by atoms with E-state index in [2.05, 4.69) is 25.6 Å². The van der Waals surface area contributed by atoms with E-state index >= 15 is 0 Å². The minimum atomic E-state index is 0.712. The Morgan fingerprint density at radius 3 is 2.27 bits per heavy atom. The summed E-state index contributed by atoms with van der Waals surface area (Å²) in [6.07, 6.45) is 6.01. The van der Waals surface area contributed by atoms with E-state index in [1.807, 2.05) is 32.1 Å². The zero-order chi connectivity index (χ0) is 9.11. The normalized spacial score (nSPS) is 8.36. The maximum atomic E-state index is 3.67. The monoisotopic (exact) mass is 153 g/mol. The van der Waals surface area contributed by atoms with Crippen LogP contribution in [0.15, 0.2) is 28.8 Å². The van der Waals surface area contributed by atoms with Crippen molar-refractivity contribution in [3.05, 3.63) is 23.8 Å². The highest BCUT2D eigenvalue weighted by Gasteiger charge is 1.69. The van der Waals surface area contributed by atoms with Gasteiger partial charge in [0.2, 0.25) is 0 Å². The lowest BCUT2D eigenvalue weighted by molar-refractivity contribution is 1.26. The highest BCUT2D eigenvalue weighted by atomic mass is 14.6. The van der Waals surface area contributed by atoms with Gasteiger partial charge < -0.3 is 0 Å². The molecule has 1 heteroatoms. The zero-order valence-corrected chi connectivity index (χ0v) is 8.09. The van der Waals surface area contributed by atoms with Crippen LogP contribution in [-0.2, 0) is 0 Å². The fraction of sp³-hybridized carbons (Fsp3) is 0.500. The van der Waals surface area contributed by atoms with E-state index in [4.69, 9.17) is 0 Å². The first kappa shape index (κ1) is 12.8. The molecule has 0 unspecified atom stereocenters. The van der Waals surface area contributed by atoms with Crippen molar-refractivity contribution in [1.29, 1.82) is 0 Å². The van der Waals surface area contributed by atoms with Gasteiger partial charge in [0.25, 0.3) is 0 Å². The zero-order valence-electron chi connectivity index (χ0n) is 8.09. The molecule has 0 aromatic heterocycles. The van der Waals surface area contributed by atoms with Crippen LogP contribution < -0.4 is 0 Å². The Morgan fingerprint density at radius 1 is 1.36 bits per heavy atom. The summed E-state index contributed by atoms with van der Waals surface area (Å²) in [6.45, 7) is 12.2. The summed E-state index contributed by atoms with van der Waals surface area (Å²) in [5, 5.41) is 0. The molecule has 64 valence electrons. The van der Waals surface area contributed by atoms with Crippen molar-refractivity contribution in [2.75, 3.05) is 6.54 Å². The summed E-state index contributed by atoms with van der Waals surface area (Å²) < 4.78 is 0. The Morgan fingerprint density at radius 2 is 1.91 bits per heavy atom. The van der Waals surface area contributed by atoms with Crippen molar-refractivity contribution in [2.24, 2.45) is 4.99 Å². The maximum absolute atomic E-state index is 3.67. The van der Waals surface area contributed by atoms with Crippen molar-refractivity contribution >= 4 is 6.72 Å². The topological polar surface area (TPSA) is 12.4 Å². The molecule has 0 atom stereocenters. The van der Waals surface area contributed by atoms with Gasteiger partial charge in [-0.2, -0.15) is 0 Å². The van der Waals surface area contributed by atoms with Gasteiger partial charge in [-0.3, -0.25) is 4.99 Å². The molecular formula is C10H19N. The Labute approximate surface area is 70.5 Å². The predicted molar refractivity (Wildman–Crippen MR) is 54.3 cm³/mol. The van der Waals surface area contributed by atoms with E-state index in [-0.39, 0.29) is 0 Å². The quantitative estimate of drug-likeness (QED) is 0.436. The smallest absolute Gasteiger partial charge is 0.0566 e. The summed E-state index contributed by atoms with van der Waals surface area (Å²) in [6, 6.07) is 0. The first-order chi connectivity index (χ1) is 5.27. The van der Waals surface area contributed by atoms with E-state index in [0.29, 0.717) is 6.54 Å². The summed E-state index contributed by atoms with van der Waals surface area (Å²) in [5.74, 6) is 0. The summed E-state index contributed by atoms with van der Waals surface area (Å²) in [5.41, 5.74) is 1.30. The lowest BCUT2D eigenvalue weighted by atomic mass is 10.3. The van der Waals surface area contributed by atoms with Gasteiger partial charge in [-0.25, -0.2) is 0 Å². The van der Waals surface area contributed by atoms with E-state index in [1.54, 1.807) is 0 Å². The third kappa shape index (κ3) is 17.6. The van der Waals surface area contributed by atoms with Crippen LogP contribution in [0.4, 0.5) is 0 Å². The van der Waals surface area contributed by atoms with Crippen LogP contribution in [0.25, 0.3) is 0 Å². The van der Waals surface area contributed by atoms with Crippen LogP contribution in [0, 0.1) is 0 Å². The van der Waals surface area contributed by atoms with Crippen molar-refractivity contribution in [2.45, 2.75) is 27.7 Å². The number of rotatable bonds is 3. The Bertz CT molecular complexity index is 128. The fourth-order valence-corrected chi connectivity index (χ4v) is 0.396. The molecule has 0 radical (unpaired) electrons. The van der Waals surface area contributed by atoms with Gasteiger partial charge in [0.05, 0.1) is 6.54 Å². The molecule has 0 fully saturated rings. The molecule has 0 aromatic rings. The summed E-state index contributed by atoms with van der Waals surface area (Å²) >= 11 is 0. The number of nitrogens with zero attached hydrogens (tertiary/aromatic N) is 1. The second-order valence-electron chi connectivity index (χ2n) is 2.08. The van der Waals surface area contributed by atoms with E-state index < -0.39 is 0 Å². The molecule has 0 bridgehead atoms. The Balaban J connectivity index is 0. The summed E-state index contributed by atoms with van der Waals surface area (Å²) in [4.78, 5) is 3.67. The van der Waals surface area contributed by atoms with Gasteiger partial charge in [-0.15, -0.1) is 0 Å². The average Bonchev–Trinajstić information content (AvgIpc) is 2.02. The van der Waals surface area contributed by atoms with Crippen LogP contribution >= 0.6 is 0 Å². The number of allylic oxidation sites excluding steroid dienone is 3. The maximum Gasteiger partial charge on any atom is 0.0566 e. The van der Waals surface area contributed by atoms with E-state index in [1.165, 1.54) is 5.57 Å². The van der Waals surface area contributed by atoms with Crippen LogP contribution in [0.2, 0.25) is 0 Å². The molecular weight excluding hydrogens is 134 g/mol. The second-order valence-corrected chi connectivity index (χ2v) is 2.08. The highest BCUT2D eigenvalue weighted by Crippen LogP contribution is 1.88. The molecule has 0 N–H and O–H groups in total. The Kier molecular flexibility index (Phi) is 13.8. The average molecular weight is 153 g/mol. The standard InChI is InChI=1S/C8H13N.C2H6/c1-8(2)6-4-5-7-9-3;1-2/h4-6H,3,7H2,1-2H3;1-2H3. The van der Waals surface area contributed by atoms with Crippen LogP contribution in [0.5, 0.6) is 0 Å². The van der Waals surface area contributed by atoms with Crippen molar-refractivity contribution in [3.8, 4) is 0 Å². The largest absolute Gasteiger partial charge is 0.297 e. The second kappa shape index (κ2) is 11.9. The lowest BCUT2D eigenvalue weighted by Crippen LogP contribution is -1.66. The van der Waals surface area contributed by atoms with Gasteiger partial charge in [0, 0.05) is 0 Å². The molecule has 0 aliphatic rings. The molecule has 0 aromatic carbocycles. The van der Waals surface area contributed by atoms with Crippen LogP contribution in [0.1, 0.15) is 27.7 Å². The molecule has 0 rings (SSSR count). The van der Waals surface area contributed by atoms with E-state index in [0.717, 1.165) is 0 Å². The first-order valence-corrected chi connectivity index (χ1v) is 4.00. The summed E-state index contributed by atoms with van der Waals surface area (Å²) in [7, 11) is 0. The first-order valence-electron chi connectivity index (χ1n) is 4.00. The molecule has 0 amide bonds. The molecule has 1 nitrogen and oxygen atoms in total. The van der Waals surface area contributed by atoms with Gasteiger partial charge in [0.1, 0.15) is 0 Å². The van der Waals surface area contributed by atoms with Gasteiger partial charge in [-0.05, 0) is 20.6 Å². The molecule has 0 saturated heterocycles. The Hall–Kier alpha value is -0.850. The molecule has 0 spiro atoms. The molecule has 0 heterocycles. The van der Waals surface area contributed by atoms with Gasteiger partial charge in [0.15, 0.2) is 0 Å².